The standard InChI is InChI=1S/C18H27N3OS/c1-15(21-12-10-20(2)11-13-21)17(22)19-14-18(8-9-18)23-16-6-4-3-5-7-16/h3-7,15H,8-14H2,1-2H3,(H,19,22)/t15-/m1/s1. The molecule has 0 spiro atoms. The van der Waals surface area contributed by atoms with Crippen LogP contribution in [0.4, 0.5) is 0 Å². The molecule has 0 unspecified atom stereocenters. The number of rotatable bonds is 6. The van der Waals surface area contributed by atoms with E-state index in [4.69, 9.17) is 0 Å². The molecular formula is C18H27N3OS. The molecule has 126 valence electrons. The van der Waals surface area contributed by atoms with E-state index < -0.39 is 0 Å². The molecule has 1 heterocycles. The highest BCUT2D eigenvalue weighted by Crippen LogP contribution is 2.51. The molecule has 1 aliphatic carbocycles. The summed E-state index contributed by atoms with van der Waals surface area (Å²) in [5.74, 6) is 0.175. The number of hydrogen-bond donors (Lipinski definition) is 1. The summed E-state index contributed by atoms with van der Waals surface area (Å²) in [4.78, 5) is 18.4. The average Bonchev–Trinajstić information content (AvgIpc) is 3.33. The van der Waals surface area contributed by atoms with E-state index in [-0.39, 0.29) is 16.7 Å². The van der Waals surface area contributed by atoms with Crippen LogP contribution in [0.5, 0.6) is 0 Å². The number of amides is 1. The van der Waals surface area contributed by atoms with Crippen LogP contribution in [0.3, 0.4) is 0 Å². The van der Waals surface area contributed by atoms with Crippen LogP contribution < -0.4 is 5.32 Å². The number of likely N-dealkylation sites (N-methyl/N-ethyl adjacent to an activating group) is 1. The van der Waals surface area contributed by atoms with Crippen molar-refractivity contribution in [1.82, 2.24) is 15.1 Å². The second-order valence-electron chi connectivity index (χ2n) is 6.83. The summed E-state index contributed by atoms with van der Waals surface area (Å²) in [5.41, 5.74) is 0. The second kappa shape index (κ2) is 7.24. The molecule has 1 amide bonds. The number of carbonyl (C=O) groups is 1. The summed E-state index contributed by atoms with van der Waals surface area (Å²) in [7, 11) is 2.14. The minimum absolute atomic E-state index is 0.0266. The van der Waals surface area contributed by atoms with Crippen molar-refractivity contribution in [1.29, 1.82) is 0 Å². The number of benzene rings is 1. The van der Waals surface area contributed by atoms with Gasteiger partial charge in [-0.25, -0.2) is 0 Å². The molecule has 1 saturated carbocycles. The van der Waals surface area contributed by atoms with E-state index in [0.29, 0.717) is 0 Å². The first kappa shape index (κ1) is 16.8. The maximum atomic E-state index is 12.5. The molecular weight excluding hydrogens is 306 g/mol. The highest BCUT2D eigenvalue weighted by atomic mass is 32.2. The Balaban J connectivity index is 1.47. The summed E-state index contributed by atoms with van der Waals surface area (Å²) in [6, 6.07) is 10.5. The van der Waals surface area contributed by atoms with Gasteiger partial charge in [-0.15, -0.1) is 11.8 Å². The Morgan fingerprint density at radius 2 is 1.87 bits per heavy atom. The topological polar surface area (TPSA) is 35.6 Å². The first-order valence-corrected chi connectivity index (χ1v) is 9.34. The quantitative estimate of drug-likeness (QED) is 0.864. The minimum Gasteiger partial charge on any atom is -0.353 e. The van der Waals surface area contributed by atoms with Gasteiger partial charge >= 0.3 is 0 Å². The van der Waals surface area contributed by atoms with Gasteiger partial charge in [-0.2, -0.15) is 0 Å². The van der Waals surface area contributed by atoms with Crippen molar-refractivity contribution in [2.24, 2.45) is 0 Å². The Labute approximate surface area is 143 Å². The van der Waals surface area contributed by atoms with Crippen molar-refractivity contribution in [3.05, 3.63) is 30.3 Å². The van der Waals surface area contributed by atoms with E-state index in [1.807, 2.05) is 24.8 Å². The predicted molar refractivity (Wildman–Crippen MR) is 95.8 cm³/mol. The van der Waals surface area contributed by atoms with Crippen LogP contribution in [-0.4, -0.2) is 66.3 Å². The lowest BCUT2D eigenvalue weighted by molar-refractivity contribution is -0.126. The largest absolute Gasteiger partial charge is 0.353 e. The summed E-state index contributed by atoms with van der Waals surface area (Å²) >= 11 is 1.91. The fraction of sp³-hybridized carbons (Fsp3) is 0.611. The lowest BCUT2D eigenvalue weighted by Crippen LogP contribution is -2.53. The number of nitrogens with zero attached hydrogens (tertiary/aromatic N) is 2. The number of carbonyl (C=O) groups excluding carboxylic acids is 1. The molecule has 1 aromatic carbocycles. The predicted octanol–water partition coefficient (Wildman–Crippen LogP) is 2.06. The first-order chi connectivity index (χ1) is 11.1. The van der Waals surface area contributed by atoms with E-state index in [1.165, 1.54) is 17.7 Å². The number of nitrogens with one attached hydrogen (secondary N) is 1. The zero-order chi connectivity index (χ0) is 16.3. The van der Waals surface area contributed by atoms with Gasteiger partial charge in [0.1, 0.15) is 0 Å². The lowest BCUT2D eigenvalue weighted by atomic mass is 10.2. The molecule has 3 rings (SSSR count). The molecule has 1 aliphatic heterocycles. The molecule has 1 N–H and O–H groups in total. The molecule has 0 aromatic heterocycles. The fourth-order valence-corrected chi connectivity index (χ4v) is 4.21. The van der Waals surface area contributed by atoms with Gasteiger partial charge in [0.15, 0.2) is 0 Å². The molecule has 2 fully saturated rings. The van der Waals surface area contributed by atoms with Gasteiger partial charge in [-0.1, -0.05) is 18.2 Å². The normalized spacial score (nSPS) is 22.5. The molecule has 4 nitrogen and oxygen atoms in total. The number of thioether (sulfide) groups is 1. The molecule has 1 saturated heterocycles. The van der Waals surface area contributed by atoms with E-state index >= 15 is 0 Å². The summed E-state index contributed by atoms with van der Waals surface area (Å²) in [6.45, 7) is 6.87. The summed E-state index contributed by atoms with van der Waals surface area (Å²) in [6.07, 6.45) is 2.38. The summed E-state index contributed by atoms with van der Waals surface area (Å²) < 4.78 is 0.221. The van der Waals surface area contributed by atoms with Crippen LogP contribution in [-0.2, 0) is 4.79 Å². The van der Waals surface area contributed by atoms with Crippen molar-refractivity contribution in [2.45, 2.75) is 35.4 Å². The molecule has 2 aliphatic rings. The molecule has 5 heteroatoms. The highest BCUT2D eigenvalue weighted by molar-refractivity contribution is 8.01. The van der Waals surface area contributed by atoms with E-state index in [9.17, 15) is 4.79 Å². The van der Waals surface area contributed by atoms with Gasteiger partial charge in [-0.3, -0.25) is 9.69 Å². The fourth-order valence-electron chi connectivity index (χ4n) is 2.96. The Morgan fingerprint density at radius 1 is 1.22 bits per heavy atom. The number of piperazine rings is 1. The van der Waals surface area contributed by atoms with Crippen molar-refractivity contribution >= 4 is 17.7 Å². The lowest BCUT2D eigenvalue weighted by Gasteiger charge is -2.35. The van der Waals surface area contributed by atoms with E-state index in [2.05, 4.69) is 46.4 Å². The van der Waals surface area contributed by atoms with E-state index in [1.54, 1.807) is 0 Å². The Hall–Kier alpha value is -1.04. The molecule has 1 atom stereocenters. The maximum absolute atomic E-state index is 12.5. The number of hydrogen-bond acceptors (Lipinski definition) is 4. The van der Waals surface area contributed by atoms with Crippen molar-refractivity contribution in [3.63, 3.8) is 0 Å². The monoisotopic (exact) mass is 333 g/mol. The van der Waals surface area contributed by atoms with E-state index in [0.717, 1.165) is 32.7 Å². The Bertz CT molecular complexity index is 524. The summed E-state index contributed by atoms with van der Waals surface area (Å²) in [5, 5.41) is 3.20. The molecule has 0 bridgehead atoms. The van der Waals surface area contributed by atoms with Crippen LogP contribution >= 0.6 is 11.8 Å². The van der Waals surface area contributed by atoms with Crippen molar-refractivity contribution in [2.75, 3.05) is 39.8 Å². The highest BCUT2D eigenvalue weighted by Gasteiger charge is 2.44. The van der Waals surface area contributed by atoms with Crippen LogP contribution in [0.1, 0.15) is 19.8 Å². The van der Waals surface area contributed by atoms with Gasteiger partial charge in [0, 0.05) is 42.4 Å². The van der Waals surface area contributed by atoms with Crippen LogP contribution in [0.15, 0.2) is 35.2 Å². The van der Waals surface area contributed by atoms with Crippen molar-refractivity contribution in [3.8, 4) is 0 Å². The molecule has 0 radical (unpaired) electrons. The zero-order valence-corrected chi connectivity index (χ0v) is 14.9. The van der Waals surface area contributed by atoms with Gasteiger partial charge in [0.25, 0.3) is 0 Å². The van der Waals surface area contributed by atoms with Gasteiger partial charge in [0.05, 0.1) is 6.04 Å². The minimum atomic E-state index is -0.0266. The van der Waals surface area contributed by atoms with Gasteiger partial charge in [-0.05, 0) is 38.9 Å². The SMILES string of the molecule is C[C@H](C(=O)NCC1(Sc2ccccc2)CC1)N1CCN(C)CC1. The Morgan fingerprint density at radius 3 is 2.48 bits per heavy atom. The third-order valence-electron chi connectivity index (χ3n) is 4.94. The third kappa shape index (κ3) is 4.49. The first-order valence-electron chi connectivity index (χ1n) is 8.52. The van der Waals surface area contributed by atoms with Gasteiger partial charge < -0.3 is 10.2 Å². The van der Waals surface area contributed by atoms with Crippen molar-refractivity contribution < 1.29 is 4.79 Å². The average molecular weight is 334 g/mol. The smallest absolute Gasteiger partial charge is 0.237 e. The van der Waals surface area contributed by atoms with Gasteiger partial charge in [0.2, 0.25) is 5.91 Å². The van der Waals surface area contributed by atoms with Crippen LogP contribution in [0.2, 0.25) is 0 Å². The maximum Gasteiger partial charge on any atom is 0.237 e. The van der Waals surface area contributed by atoms with Crippen LogP contribution in [0.25, 0.3) is 0 Å². The molecule has 1 aromatic rings. The van der Waals surface area contributed by atoms with Crippen LogP contribution in [0, 0.1) is 0 Å². The third-order valence-corrected chi connectivity index (χ3v) is 6.43. The second-order valence-corrected chi connectivity index (χ2v) is 8.37. The molecule has 23 heavy (non-hydrogen) atoms. The zero-order valence-electron chi connectivity index (χ0n) is 14.1. The Kier molecular flexibility index (Phi) is 5.29.